The standard InChI is InChI=1S/C46H25N5OS/c47-26-29-23-35(46-49-44(27-13-3-1-4-14-27)48-45(50-46)28-15-5-2-6-16-28)43-41(32-19-8-11-21-38(32)52-43)42(29)51-36-20-10-7-17-30(36)33-25-40-34(24-37(33)51)31-18-9-12-22-39(31)53-40/h1-25H. The lowest BCUT2D eigenvalue weighted by atomic mass is 10.0. The Morgan fingerprint density at radius 1 is 0.528 bits per heavy atom. The lowest BCUT2D eigenvalue weighted by molar-refractivity contribution is 0.669. The molecular formula is C46H25N5OS. The number of aromatic nitrogens is 4. The van der Waals surface area contributed by atoms with Crippen LogP contribution in [0.4, 0.5) is 0 Å². The summed E-state index contributed by atoms with van der Waals surface area (Å²) >= 11 is 1.81. The molecule has 7 aromatic carbocycles. The molecule has 7 heteroatoms. The van der Waals surface area contributed by atoms with Crippen LogP contribution in [-0.2, 0) is 0 Å². The molecule has 0 bridgehead atoms. The fourth-order valence-electron chi connectivity index (χ4n) is 7.72. The van der Waals surface area contributed by atoms with Crippen LogP contribution < -0.4 is 0 Å². The third-order valence-electron chi connectivity index (χ3n) is 10.1. The van der Waals surface area contributed by atoms with E-state index in [1.807, 2.05) is 84.9 Å². The summed E-state index contributed by atoms with van der Waals surface area (Å²) in [6, 6.07) is 53.9. The Kier molecular flexibility index (Phi) is 6.38. The molecule has 0 aliphatic carbocycles. The van der Waals surface area contributed by atoms with Gasteiger partial charge >= 0.3 is 0 Å². The maximum absolute atomic E-state index is 11.1. The van der Waals surface area contributed by atoms with Gasteiger partial charge in [0.25, 0.3) is 0 Å². The van der Waals surface area contributed by atoms with Crippen molar-refractivity contribution in [2.75, 3.05) is 0 Å². The number of nitriles is 1. The van der Waals surface area contributed by atoms with Gasteiger partial charge in [-0.25, -0.2) is 15.0 Å². The van der Waals surface area contributed by atoms with Crippen LogP contribution in [-0.4, -0.2) is 19.5 Å². The molecule has 4 aromatic heterocycles. The largest absolute Gasteiger partial charge is 0.455 e. The average Bonchev–Trinajstić information content (AvgIpc) is 3.89. The SMILES string of the molecule is N#Cc1cc(-c2nc(-c3ccccc3)nc(-c3ccccc3)n2)c2oc3ccccc3c2c1-n1c2ccccc2c2cc3sc4ccccc4c3cc21. The molecule has 0 radical (unpaired) electrons. The summed E-state index contributed by atoms with van der Waals surface area (Å²) < 4.78 is 11.5. The topological polar surface area (TPSA) is 80.5 Å². The molecule has 53 heavy (non-hydrogen) atoms. The van der Waals surface area contributed by atoms with Crippen molar-refractivity contribution in [1.82, 2.24) is 19.5 Å². The van der Waals surface area contributed by atoms with E-state index in [4.69, 9.17) is 19.4 Å². The third-order valence-corrected chi connectivity index (χ3v) is 11.2. The quantitative estimate of drug-likeness (QED) is 0.183. The minimum Gasteiger partial charge on any atom is -0.455 e. The second-order valence-electron chi connectivity index (χ2n) is 13.1. The highest BCUT2D eigenvalue weighted by molar-refractivity contribution is 7.25. The van der Waals surface area contributed by atoms with Crippen molar-refractivity contribution in [1.29, 1.82) is 5.26 Å². The van der Waals surface area contributed by atoms with Crippen molar-refractivity contribution in [3.63, 3.8) is 0 Å². The van der Waals surface area contributed by atoms with E-state index in [-0.39, 0.29) is 0 Å². The summed E-state index contributed by atoms with van der Waals surface area (Å²) in [5, 5.41) is 17.5. The van der Waals surface area contributed by atoms with Gasteiger partial charge in [0.2, 0.25) is 0 Å². The molecule has 0 aliphatic heterocycles. The first-order valence-electron chi connectivity index (χ1n) is 17.3. The number of furan rings is 1. The van der Waals surface area contributed by atoms with Crippen LogP contribution in [0.25, 0.3) is 104 Å². The molecule has 0 N–H and O–H groups in total. The van der Waals surface area contributed by atoms with Gasteiger partial charge in [-0.2, -0.15) is 5.26 Å². The number of rotatable bonds is 4. The van der Waals surface area contributed by atoms with Crippen molar-refractivity contribution in [3.05, 3.63) is 157 Å². The molecule has 11 aromatic rings. The van der Waals surface area contributed by atoms with Crippen LogP contribution in [0, 0.1) is 11.3 Å². The molecule has 0 aliphatic rings. The number of benzene rings is 7. The zero-order valence-electron chi connectivity index (χ0n) is 28.0. The second-order valence-corrected chi connectivity index (χ2v) is 14.2. The van der Waals surface area contributed by atoms with E-state index >= 15 is 0 Å². The molecule has 4 heterocycles. The summed E-state index contributed by atoms with van der Waals surface area (Å²) in [6.07, 6.45) is 0. The van der Waals surface area contributed by atoms with Gasteiger partial charge in [0.15, 0.2) is 17.5 Å². The summed E-state index contributed by atoms with van der Waals surface area (Å²) in [4.78, 5) is 15.0. The minimum atomic E-state index is 0.429. The Hall–Kier alpha value is -7.14. The first kappa shape index (κ1) is 29.6. The molecule has 0 saturated heterocycles. The van der Waals surface area contributed by atoms with Crippen LogP contribution in [0.1, 0.15) is 5.56 Å². The van der Waals surface area contributed by atoms with Crippen molar-refractivity contribution < 1.29 is 4.42 Å². The van der Waals surface area contributed by atoms with E-state index in [9.17, 15) is 5.26 Å². The molecule has 0 amide bonds. The van der Waals surface area contributed by atoms with Gasteiger partial charge in [0.05, 0.1) is 33.2 Å². The van der Waals surface area contributed by atoms with E-state index in [0.717, 1.165) is 49.4 Å². The molecule has 0 fully saturated rings. The highest BCUT2D eigenvalue weighted by Gasteiger charge is 2.26. The second kappa shape index (κ2) is 11.4. The van der Waals surface area contributed by atoms with Gasteiger partial charge in [0, 0.05) is 47.5 Å². The Balaban J connectivity index is 1.27. The number of fused-ring (bicyclic) bond motifs is 9. The summed E-state index contributed by atoms with van der Waals surface area (Å²) in [5.41, 5.74) is 6.97. The van der Waals surface area contributed by atoms with Crippen LogP contribution >= 0.6 is 11.3 Å². The first-order chi connectivity index (χ1) is 26.2. The zero-order chi connectivity index (χ0) is 35.0. The van der Waals surface area contributed by atoms with Crippen LogP contribution in [0.3, 0.4) is 0 Å². The van der Waals surface area contributed by atoms with Crippen molar-refractivity contribution in [2.45, 2.75) is 0 Å². The average molecular weight is 696 g/mol. The van der Waals surface area contributed by atoms with Gasteiger partial charge in [-0.1, -0.05) is 115 Å². The maximum Gasteiger partial charge on any atom is 0.167 e. The van der Waals surface area contributed by atoms with Crippen LogP contribution in [0.5, 0.6) is 0 Å². The van der Waals surface area contributed by atoms with Gasteiger partial charge in [-0.3, -0.25) is 0 Å². The predicted octanol–water partition coefficient (Wildman–Crippen LogP) is 12.1. The number of hydrogen-bond donors (Lipinski definition) is 0. The van der Waals surface area contributed by atoms with Crippen LogP contribution in [0.2, 0.25) is 0 Å². The lowest BCUT2D eigenvalue weighted by Crippen LogP contribution is -2.03. The minimum absolute atomic E-state index is 0.429. The van der Waals surface area contributed by atoms with E-state index in [2.05, 4.69) is 77.4 Å². The molecule has 0 saturated carbocycles. The monoisotopic (exact) mass is 695 g/mol. The Labute approximate surface area is 306 Å². The van der Waals surface area contributed by atoms with E-state index in [0.29, 0.717) is 39.8 Å². The third kappa shape index (κ3) is 4.46. The Morgan fingerprint density at radius 3 is 1.89 bits per heavy atom. The maximum atomic E-state index is 11.1. The highest BCUT2D eigenvalue weighted by Crippen LogP contribution is 2.46. The fraction of sp³-hybridized carbons (Fsp3) is 0. The van der Waals surface area contributed by atoms with Crippen molar-refractivity contribution in [2.24, 2.45) is 0 Å². The van der Waals surface area contributed by atoms with Gasteiger partial charge < -0.3 is 8.98 Å². The predicted molar refractivity (Wildman–Crippen MR) is 215 cm³/mol. The lowest BCUT2D eigenvalue weighted by Gasteiger charge is -2.14. The summed E-state index contributed by atoms with van der Waals surface area (Å²) in [5.74, 6) is 1.50. The summed E-state index contributed by atoms with van der Waals surface area (Å²) in [6.45, 7) is 0. The normalized spacial score (nSPS) is 11.8. The van der Waals surface area contributed by atoms with Crippen LogP contribution in [0.15, 0.2) is 156 Å². The van der Waals surface area contributed by atoms with E-state index in [1.165, 1.54) is 20.2 Å². The van der Waals surface area contributed by atoms with Gasteiger partial charge in [0.1, 0.15) is 17.2 Å². The highest BCUT2D eigenvalue weighted by atomic mass is 32.1. The molecule has 0 unspecified atom stereocenters. The fourth-order valence-corrected chi connectivity index (χ4v) is 8.85. The van der Waals surface area contributed by atoms with E-state index < -0.39 is 0 Å². The van der Waals surface area contributed by atoms with Crippen molar-refractivity contribution >= 4 is 75.3 Å². The number of nitrogens with zero attached hydrogens (tertiary/aromatic N) is 5. The molecular weight excluding hydrogens is 671 g/mol. The summed E-state index contributed by atoms with van der Waals surface area (Å²) in [7, 11) is 0. The van der Waals surface area contributed by atoms with Gasteiger partial charge in [-0.05, 0) is 36.4 Å². The smallest absolute Gasteiger partial charge is 0.167 e. The molecule has 0 spiro atoms. The zero-order valence-corrected chi connectivity index (χ0v) is 28.8. The number of para-hydroxylation sites is 2. The van der Waals surface area contributed by atoms with Gasteiger partial charge in [-0.15, -0.1) is 11.3 Å². The Morgan fingerprint density at radius 2 is 1.15 bits per heavy atom. The first-order valence-corrected chi connectivity index (χ1v) is 18.2. The molecule has 6 nitrogen and oxygen atoms in total. The molecule has 0 atom stereocenters. The van der Waals surface area contributed by atoms with Crippen molar-refractivity contribution in [3.8, 4) is 45.9 Å². The number of thiophene rings is 1. The van der Waals surface area contributed by atoms with E-state index in [1.54, 1.807) is 11.3 Å². The molecule has 246 valence electrons. The Bertz CT molecular complexity index is 3240. The number of hydrogen-bond acceptors (Lipinski definition) is 6. The molecule has 11 rings (SSSR count).